The van der Waals surface area contributed by atoms with Crippen LogP contribution in [0.25, 0.3) is 11.4 Å². The smallest absolute Gasteiger partial charge is 0.272 e. The monoisotopic (exact) mass is 221 g/mol. The average Bonchev–Trinajstić information content (AvgIpc) is 2.26. The van der Waals surface area contributed by atoms with Crippen LogP contribution < -0.4 is 11.3 Å². The van der Waals surface area contributed by atoms with E-state index in [9.17, 15) is 4.79 Å². The topological polar surface area (TPSA) is 71.8 Å². The maximum Gasteiger partial charge on any atom is 0.272 e. The summed E-state index contributed by atoms with van der Waals surface area (Å²) in [5.41, 5.74) is 5.86. The molecule has 0 aliphatic rings. The van der Waals surface area contributed by atoms with Crippen LogP contribution in [0.1, 0.15) is 0 Å². The minimum absolute atomic E-state index is 0.0410. The summed E-state index contributed by atoms with van der Waals surface area (Å²) in [7, 11) is 0. The number of rotatable bonds is 1. The van der Waals surface area contributed by atoms with Crippen LogP contribution in [0, 0.1) is 0 Å². The van der Waals surface area contributed by atoms with Crippen LogP contribution in [0.15, 0.2) is 35.1 Å². The Morgan fingerprint density at radius 2 is 1.93 bits per heavy atom. The predicted octanol–water partition coefficient (Wildman–Crippen LogP) is 1.67. The van der Waals surface area contributed by atoms with Crippen molar-refractivity contribution in [3.8, 4) is 11.4 Å². The number of aromatic nitrogens is 2. The number of halogens is 1. The summed E-state index contributed by atoms with van der Waals surface area (Å²) < 4.78 is 0. The molecule has 0 bridgehead atoms. The molecular weight excluding hydrogens is 214 g/mol. The van der Waals surface area contributed by atoms with Gasteiger partial charge in [-0.2, -0.15) is 0 Å². The Bertz CT molecular complexity index is 536. The van der Waals surface area contributed by atoms with Gasteiger partial charge in [0.1, 0.15) is 16.7 Å². The molecule has 0 atom stereocenters. The molecule has 2 aromatic rings. The number of nitrogen functional groups attached to an aromatic ring is 1. The van der Waals surface area contributed by atoms with Crippen molar-refractivity contribution in [3.05, 3.63) is 45.7 Å². The number of anilines is 1. The Hall–Kier alpha value is -1.81. The molecule has 0 saturated heterocycles. The summed E-state index contributed by atoms with van der Waals surface area (Å²) >= 11 is 5.61. The lowest BCUT2D eigenvalue weighted by Gasteiger charge is -2.02. The zero-order valence-corrected chi connectivity index (χ0v) is 8.45. The number of hydrogen-bond donors (Lipinski definition) is 2. The molecule has 5 heteroatoms. The third-order valence-electron chi connectivity index (χ3n) is 1.94. The summed E-state index contributed by atoms with van der Waals surface area (Å²) in [5.74, 6) is 0.460. The quantitative estimate of drug-likeness (QED) is 0.770. The van der Waals surface area contributed by atoms with Gasteiger partial charge in [0.2, 0.25) is 0 Å². The Balaban J connectivity index is 2.61. The maximum atomic E-state index is 11.3. The Morgan fingerprint density at radius 1 is 1.27 bits per heavy atom. The van der Waals surface area contributed by atoms with Crippen LogP contribution in [0.3, 0.4) is 0 Å². The molecule has 1 aromatic carbocycles. The standard InChI is InChI=1S/C10H8ClN3O/c11-7-8(12)13-9(14-10(7)15)6-4-2-1-3-5-6/h1-5H,(H3,12,13,14,15). The van der Waals surface area contributed by atoms with Crippen LogP contribution in [0.4, 0.5) is 5.82 Å². The molecule has 76 valence electrons. The summed E-state index contributed by atoms with van der Waals surface area (Å²) in [5, 5.41) is -0.0744. The fourth-order valence-corrected chi connectivity index (χ4v) is 1.30. The zero-order valence-electron chi connectivity index (χ0n) is 7.70. The molecule has 3 N–H and O–H groups in total. The molecule has 15 heavy (non-hydrogen) atoms. The van der Waals surface area contributed by atoms with Crippen molar-refractivity contribution in [2.45, 2.75) is 0 Å². The molecule has 0 amide bonds. The SMILES string of the molecule is Nc1nc(-c2ccccc2)[nH]c(=O)c1Cl. The van der Waals surface area contributed by atoms with Gasteiger partial charge in [-0.3, -0.25) is 4.79 Å². The van der Waals surface area contributed by atoms with Gasteiger partial charge in [-0.1, -0.05) is 41.9 Å². The van der Waals surface area contributed by atoms with Crippen molar-refractivity contribution in [1.82, 2.24) is 9.97 Å². The van der Waals surface area contributed by atoms with Gasteiger partial charge in [0, 0.05) is 5.56 Å². The first-order valence-electron chi connectivity index (χ1n) is 4.29. The van der Waals surface area contributed by atoms with E-state index in [4.69, 9.17) is 17.3 Å². The van der Waals surface area contributed by atoms with E-state index < -0.39 is 5.56 Å². The molecule has 1 aromatic heterocycles. The molecule has 1 heterocycles. The van der Waals surface area contributed by atoms with Crippen molar-refractivity contribution in [2.24, 2.45) is 0 Å². The predicted molar refractivity (Wildman–Crippen MR) is 59.7 cm³/mol. The number of nitrogens with one attached hydrogen (secondary N) is 1. The number of nitrogens with two attached hydrogens (primary N) is 1. The largest absolute Gasteiger partial charge is 0.382 e. The van der Waals surface area contributed by atoms with Crippen molar-refractivity contribution >= 4 is 17.4 Å². The van der Waals surface area contributed by atoms with Gasteiger partial charge in [0.25, 0.3) is 5.56 Å². The Labute approximate surface area is 90.7 Å². The highest BCUT2D eigenvalue weighted by atomic mass is 35.5. The van der Waals surface area contributed by atoms with E-state index >= 15 is 0 Å². The van der Waals surface area contributed by atoms with E-state index in [1.165, 1.54) is 0 Å². The molecule has 0 aliphatic carbocycles. The molecular formula is C10H8ClN3O. The van der Waals surface area contributed by atoms with E-state index in [1.54, 1.807) is 0 Å². The van der Waals surface area contributed by atoms with Gasteiger partial charge in [0.05, 0.1) is 0 Å². The Kier molecular flexibility index (Phi) is 2.43. The molecule has 0 saturated carbocycles. The first kappa shape index (κ1) is 9.73. The first-order chi connectivity index (χ1) is 7.18. The average molecular weight is 222 g/mol. The number of H-pyrrole nitrogens is 1. The number of aromatic amines is 1. The van der Waals surface area contributed by atoms with Crippen LogP contribution in [0.2, 0.25) is 5.02 Å². The number of benzene rings is 1. The van der Waals surface area contributed by atoms with Crippen molar-refractivity contribution in [2.75, 3.05) is 5.73 Å². The highest BCUT2D eigenvalue weighted by Crippen LogP contribution is 2.16. The van der Waals surface area contributed by atoms with Gasteiger partial charge in [-0.05, 0) is 0 Å². The lowest BCUT2D eigenvalue weighted by molar-refractivity contribution is 1.14. The van der Waals surface area contributed by atoms with E-state index in [2.05, 4.69) is 9.97 Å². The fraction of sp³-hybridized carbons (Fsp3) is 0. The van der Waals surface area contributed by atoms with Crippen LogP contribution in [-0.2, 0) is 0 Å². The Morgan fingerprint density at radius 3 is 2.53 bits per heavy atom. The molecule has 4 nitrogen and oxygen atoms in total. The molecule has 0 unspecified atom stereocenters. The normalized spacial score (nSPS) is 10.2. The van der Waals surface area contributed by atoms with Gasteiger partial charge in [-0.15, -0.1) is 0 Å². The molecule has 2 rings (SSSR count). The lowest BCUT2D eigenvalue weighted by Crippen LogP contribution is -2.12. The summed E-state index contributed by atoms with van der Waals surface area (Å²) in [6.07, 6.45) is 0. The third-order valence-corrected chi connectivity index (χ3v) is 2.30. The number of nitrogens with zero attached hydrogens (tertiary/aromatic N) is 1. The summed E-state index contributed by atoms with van der Waals surface area (Å²) in [4.78, 5) is 17.9. The molecule has 0 aliphatic heterocycles. The zero-order chi connectivity index (χ0) is 10.8. The van der Waals surface area contributed by atoms with E-state index in [0.717, 1.165) is 5.56 Å². The van der Waals surface area contributed by atoms with E-state index in [1.807, 2.05) is 30.3 Å². The molecule has 0 spiro atoms. The van der Waals surface area contributed by atoms with E-state index in [0.29, 0.717) is 5.82 Å². The molecule has 0 radical (unpaired) electrons. The fourth-order valence-electron chi connectivity index (χ4n) is 1.21. The minimum atomic E-state index is -0.428. The van der Waals surface area contributed by atoms with Crippen LogP contribution >= 0.6 is 11.6 Å². The molecule has 0 fully saturated rings. The van der Waals surface area contributed by atoms with Crippen molar-refractivity contribution < 1.29 is 0 Å². The van der Waals surface area contributed by atoms with Gasteiger partial charge in [-0.25, -0.2) is 4.98 Å². The highest BCUT2D eigenvalue weighted by molar-refractivity contribution is 6.32. The van der Waals surface area contributed by atoms with Gasteiger partial charge < -0.3 is 10.7 Å². The second-order valence-corrected chi connectivity index (χ2v) is 3.36. The first-order valence-corrected chi connectivity index (χ1v) is 4.67. The van der Waals surface area contributed by atoms with Gasteiger partial charge in [0.15, 0.2) is 0 Å². The third kappa shape index (κ3) is 1.85. The van der Waals surface area contributed by atoms with Crippen molar-refractivity contribution in [3.63, 3.8) is 0 Å². The lowest BCUT2D eigenvalue weighted by atomic mass is 10.2. The highest BCUT2D eigenvalue weighted by Gasteiger charge is 2.06. The van der Waals surface area contributed by atoms with E-state index in [-0.39, 0.29) is 10.8 Å². The summed E-state index contributed by atoms with van der Waals surface area (Å²) in [6.45, 7) is 0. The number of hydrogen-bond acceptors (Lipinski definition) is 3. The van der Waals surface area contributed by atoms with Crippen LogP contribution in [-0.4, -0.2) is 9.97 Å². The van der Waals surface area contributed by atoms with Gasteiger partial charge >= 0.3 is 0 Å². The second kappa shape index (κ2) is 3.74. The second-order valence-electron chi connectivity index (χ2n) is 2.98. The minimum Gasteiger partial charge on any atom is -0.382 e. The van der Waals surface area contributed by atoms with Crippen LogP contribution in [0.5, 0.6) is 0 Å². The summed E-state index contributed by atoms with van der Waals surface area (Å²) in [6, 6.07) is 9.22. The van der Waals surface area contributed by atoms with Crippen molar-refractivity contribution in [1.29, 1.82) is 0 Å². The maximum absolute atomic E-state index is 11.3.